The number of fused-ring (bicyclic) bond motifs is 1. The Morgan fingerprint density at radius 2 is 1.56 bits per heavy atom. The number of methoxy groups -OCH3 is 3. The van der Waals surface area contributed by atoms with Crippen molar-refractivity contribution in [3.05, 3.63) is 82.4 Å². The van der Waals surface area contributed by atoms with Gasteiger partial charge in [-0.2, -0.15) is 0 Å². The second-order valence-corrected chi connectivity index (χ2v) is 7.81. The first-order chi connectivity index (χ1) is 15.6. The molecule has 1 aliphatic rings. The molecule has 0 spiro atoms. The molecular weight excluding hydrogens is 428 g/mol. The summed E-state index contributed by atoms with van der Waals surface area (Å²) in [7, 11) is 4.80. The van der Waals surface area contributed by atoms with Gasteiger partial charge in [0.1, 0.15) is 5.75 Å². The van der Waals surface area contributed by atoms with Gasteiger partial charge in [0.15, 0.2) is 11.5 Å². The molecule has 32 heavy (non-hydrogen) atoms. The summed E-state index contributed by atoms with van der Waals surface area (Å²) in [6, 6.07) is 18.2. The van der Waals surface area contributed by atoms with Gasteiger partial charge in [-0.15, -0.1) is 0 Å². The van der Waals surface area contributed by atoms with Gasteiger partial charge in [0.2, 0.25) is 0 Å². The molecule has 2 amide bonds. The Morgan fingerprint density at radius 3 is 2.28 bits per heavy atom. The SMILES string of the molecule is COc1ccccc1NC(=O)N1CCc2cc(OC)c(OC)cc2C1c1ccccc1Cl. The van der Waals surface area contributed by atoms with Gasteiger partial charge < -0.3 is 24.4 Å². The van der Waals surface area contributed by atoms with Crippen molar-refractivity contribution in [3.63, 3.8) is 0 Å². The van der Waals surface area contributed by atoms with Crippen LogP contribution < -0.4 is 19.5 Å². The van der Waals surface area contributed by atoms with E-state index in [2.05, 4.69) is 5.32 Å². The van der Waals surface area contributed by atoms with Crippen LogP contribution in [0.4, 0.5) is 10.5 Å². The zero-order valence-electron chi connectivity index (χ0n) is 18.2. The van der Waals surface area contributed by atoms with Crippen LogP contribution in [0, 0.1) is 0 Å². The fourth-order valence-electron chi connectivity index (χ4n) is 4.13. The number of anilines is 1. The lowest BCUT2D eigenvalue weighted by Crippen LogP contribution is -2.43. The molecule has 0 saturated carbocycles. The number of hydrogen-bond acceptors (Lipinski definition) is 4. The smallest absolute Gasteiger partial charge is 0.322 e. The molecule has 1 aliphatic heterocycles. The number of ether oxygens (including phenoxy) is 3. The Labute approximate surface area is 192 Å². The molecule has 6 nitrogen and oxygen atoms in total. The number of rotatable bonds is 5. The molecule has 4 rings (SSSR count). The zero-order valence-corrected chi connectivity index (χ0v) is 19.0. The second-order valence-electron chi connectivity index (χ2n) is 7.40. The van der Waals surface area contributed by atoms with E-state index in [9.17, 15) is 4.79 Å². The van der Waals surface area contributed by atoms with Crippen molar-refractivity contribution in [2.75, 3.05) is 33.2 Å². The van der Waals surface area contributed by atoms with E-state index in [0.717, 1.165) is 16.7 Å². The maximum Gasteiger partial charge on any atom is 0.322 e. The van der Waals surface area contributed by atoms with E-state index in [1.807, 2.05) is 60.7 Å². The van der Waals surface area contributed by atoms with Crippen LogP contribution in [0.5, 0.6) is 17.2 Å². The standard InChI is InChI=1S/C25H25ClN2O4/c1-30-21-11-7-6-10-20(21)27-25(29)28-13-12-16-14-22(31-2)23(32-3)15-18(16)24(28)17-8-4-5-9-19(17)26/h4-11,14-15,24H,12-13H2,1-3H3,(H,27,29). The molecule has 0 aliphatic carbocycles. The van der Waals surface area contributed by atoms with Crippen LogP contribution in [0.25, 0.3) is 0 Å². The first-order valence-electron chi connectivity index (χ1n) is 10.3. The summed E-state index contributed by atoms with van der Waals surface area (Å²) >= 11 is 6.60. The van der Waals surface area contributed by atoms with Gasteiger partial charge in [-0.3, -0.25) is 0 Å². The Balaban J connectivity index is 1.79. The summed E-state index contributed by atoms with van der Waals surface area (Å²) in [5.74, 6) is 1.87. The summed E-state index contributed by atoms with van der Waals surface area (Å²) in [5.41, 5.74) is 3.50. The first-order valence-corrected chi connectivity index (χ1v) is 10.6. The van der Waals surface area contributed by atoms with E-state index in [-0.39, 0.29) is 12.1 Å². The second kappa shape index (κ2) is 9.40. The molecule has 0 bridgehead atoms. The summed E-state index contributed by atoms with van der Waals surface area (Å²) in [6.07, 6.45) is 0.677. The van der Waals surface area contributed by atoms with Crippen molar-refractivity contribution < 1.29 is 19.0 Å². The van der Waals surface area contributed by atoms with Crippen molar-refractivity contribution in [3.8, 4) is 17.2 Å². The van der Waals surface area contributed by atoms with Crippen LogP contribution in [0.15, 0.2) is 60.7 Å². The summed E-state index contributed by atoms with van der Waals surface area (Å²) in [6.45, 7) is 0.513. The fourth-order valence-corrected chi connectivity index (χ4v) is 4.37. The number of halogens is 1. The number of para-hydroxylation sites is 2. The number of benzene rings is 3. The molecule has 1 N–H and O–H groups in total. The van der Waals surface area contributed by atoms with Gasteiger partial charge in [-0.25, -0.2) is 4.79 Å². The van der Waals surface area contributed by atoms with Crippen LogP contribution in [0.1, 0.15) is 22.7 Å². The van der Waals surface area contributed by atoms with Crippen molar-refractivity contribution >= 4 is 23.3 Å². The summed E-state index contributed by atoms with van der Waals surface area (Å²) in [4.78, 5) is 15.3. The van der Waals surface area contributed by atoms with E-state index < -0.39 is 0 Å². The third kappa shape index (κ3) is 4.06. The van der Waals surface area contributed by atoms with Gasteiger partial charge in [0.05, 0.1) is 33.1 Å². The lowest BCUT2D eigenvalue weighted by atomic mass is 9.87. The minimum atomic E-state index is -0.387. The van der Waals surface area contributed by atoms with Crippen LogP contribution in [-0.4, -0.2) is 38.8 Å². The van der Waals surface area contributed by atoms with Gasteiger partial charge >= 0.3 is 6.03 Å². The third-order valence-corrected chi connectivity index (χ3v) is 6.03. The molecule has 7 heteroatoms. The fraction of sp³-hybridized carbons (Fsp3) is 0.240. The minimum Gasteiger partial charge on any atom is -0.495 e. The molecule has 3 aromatic rings. The van der Waals surface area contributed by atoms with E-state index >= 15 is 0 Å². The number of nitrogens with zero attached hydrogens (tertiary/aromatic N) is 1. The van der Waals surface area contributed by atoms with E-state index in [1.165, 1.54) is 0 Å². The molecule has 1 heterocycles. The highest BCUT2D eigenvalue weighted by atomic mass is 35.5. The Morgan fingerprint density at radius 1 is 0.906 bits per heavy atom. The van der Waals surface area contributed by atoms with Gasteiger partial charge in [-0.1, -0.05) is 41.9 Å². The maximum absolute atomic E-state index is 13.5. The Bertz CT molecular complexity index is 1130. The predicted octanol–water partition coefficient (Wildman–Crippen LogP) is 5.55. The molecule has 1 atom stereocenters. The normalized spacial score (nSPS) is 15.0. The largest absolute Gasteiger partial charge is 0.495 e. The van der Waals surface area contributed by atoms with E-state index in [1.54, 1.807) is 26.2 Å². The van der Waals surface area contributed by atoms with Gasteiger partial charge in [0.25, 0.3) is 0 Å². The van der Waals surface area contributed by atoms with Gasteiger partial charge in [-0.05, 0) is 53.4 Å². The summed E-state index contributed by atoms with van der Waals surface area (Å²) < 4.78 is 16.4. The van der Waals surface area contributed by atoms with Crippen molar-refractivity contribution in [2.45, 2.75) is 12.5 Å². The average molecular weight is 453 g/mol. The van der Waals surface area contributed by atoms with E-state index in [0.29, 0.717) is 40.9 Å². The van der Waals surface area contributed by atoms with E-state index in [4.69, 9.17) is 25.8 Å². The third-order valence-electron chi connectivity index (χ3n) is 5.68. The summed E-state index contributed by atoms with van der Waals surface area (Å²) in [5, 5.41) is 3.59. The molecule has 0 saturated heterocycles. The number of urea groups is 1. The highest BCUT2D eigenvalue weighted by Gasteiger charge is 2.34. The van der Waals surface area contributed by atoms with Crippen molar-refractivity contribution in [2.24, 2.45) is 0 Å². The first kappa shape index (κ1) is 21.8. The molecule has 0 aromatic heterocycles. The maximum atomic E-state index is 13.5. The zero-order chi connectivity index (χ0) is 22.7. The Kier molecular flexibility index (Phi) is 6.42. The van der Waals surface area contributed by atoms with Gasteiger partial charge in [0, 0.05) is 11.6 Å². The van der Waals surface area contributed by atoms with Crippen LogP contribution in [0.3, 0.4) is 0 Å². The highest BCUT2D eigenvalue weighted by Crippen LogP contribution is 2.43. The average Bonchev–Trinajstić information content (AvgIpc) is 2.83. The Hall–Kier alpha value is -3.38. The number of amides is 2. The monoisotopic (exact) mass is 452 g/mol. The molecule has 1 unspecified atom stereocenters. The molecular formula is C25H25ClN2O4. The topological polar surface area (TPSA) is 60.0 Å². The number of nitrogens with one attached hydrogen (secondary N) is 1. The minimum absolute atomic E-state index is 0.236. The lowest BCUT2D eigenvalue weighted by molar-refractivity contribution is 0.193. The quantitative estimate of drug-likeness (QED) is 0.551. The van der Waals surface area contributed by atoms with Crippen LogP contribution in [0.2, 0.25) is 5.02 Å². The number of carbonyl (C=O) groups is 1. The molecule has 166 valence electrons. The number of carbonyl (C=O) groups excluding carboxylic acids is 1. The predicted molar refractivity (Wildman–Crippen MR) is 125 cm³/mol. The lowest BCUT2D eigenvalue weighted by Gasteiger charge is -2.38. The molecule has 0 radical (unpaired) electrons. The molecule has 0 fully saturated rings. The van der Waals surface area contributed by atoms with Crippen molar-refractivity contribution in [1.29, 1.82) is 0 Å². The number of hydrogen-bond donors (Lipinski definition) is 1. The van der Waals surface area contributed by atoms with Crippen LogP contribution in [-0.2, 0) is 6.42 Å². The molecule has 3 aromatic carbocycles. The van der Waals surface area contributed by atoms with Crippen molar-refractivity contribution in [1.82, 2.24) is 4.90 Å². The highest BCUT2D eigenvalue weighted by molar-refractivity contribution is 6.31. The van der Waals surface area contributed by atoms with Crippen LogP contribution >= 0.6 is 11.6 Å².